The molecule has 1 aliphatic heterocycles. The first-order valence-electron chi connectivity index (χ1n) is 5.60. The van der Waals surface area contributed by atoms with Crippen LogP contribution in [0.15, 0.2) is 11.6 Å². The molecule has 1 aliphatic carbocycles. The molecule has 1 spiro atoms. The lowest BCUT2D eigenvalue weighted by Gasteiger charge is -2.20. The molecule has 0 atom stereocenters. The lowest BCUT2D eigenvalue weighted by Crippen LogP contribution is -2.18. The molecule has 0 radical (unpaired) electrons. The minimum atomic E-state index is 0.332. The van der Waals surface area contributed by atoms with E-state index in [-0.39, 0.29) is 0 Å². The molecule has 0 aromatic heterocycles. The van der Waals surface area contributed by atoms with Crippen molar-refractivity contribution in [1.82, 2.24) is 0 Å². The molecule has 13 heavy (non-hydrogen) atoms. The first kappa shape index (κ1) is 12.7. The van der Waals surface area contributed by atoms with Crippen molar-refractivity contribution < 1.29 is 4.74 Å². The van der Waals surface area contributed by atoms with Crippen molar-refractivity contribution in [3.05, 3.63) is 11.6 Å². The molecule has 78 valence electrons. The highest BCUT2D eigenvalue weighted by atomic mass is 16.5. The van der Waals surface area contributed by atoms with Crippen molar-refractivity contribution in [2.45, 2.75) is 59.5 Å². The van der Waals surface area contributed by atoms with Gasteiger partial charge in [0.15, 0.2) is 0 Å². The summed E-state index contributed by atoms with van der Waals surface area (Å²) in [6, 6.07) is 0. The first-order valence-corrected chi connectivity index (χ1v) is 5.60. The van der Waals surface area contributed by atoms with Crippen LogP contribution in [0.3, 0.4) is 0 Å². The second-order valence-corrected chi connectivity index (χ2v) is 3.22. The molecule has 1 heterocycles. The summed E-state index contributed by atoms with van der Waals surface area (Å²) in [4.78, 5) is 0. The van der Waals surface area contributed by atoms with Gasteiger partial charge in [-0.2, -0.15) is 0 Å². The number of hydrogen-bond donors (Lipinski definition) is 0. The van der Waals surface area contributed by atoms with E-state index in [1.807, 2.05) is 27.7 Å². The molecule has 0 bridgehead atoms. The average Bonchev–Trinajstić information content (AvgIpc) is 2.91. The van der Waals surface area contributed by atoms with Crippen LogP contribution in [0.1, 0.15) is 53.9 Å². The Morgan fingerprint density at radius 3 is 2.00 bits per heavy atom. The predicted octanol–water partition coefficient (Wildman–Crippen LogP) is 3.94. The highest BCUT2D eigenvalue weighted by Crippen LogP contribution is 2.46. The van der Waals surface area contributed by atoms with Gasteiger partial charge in [0, 0.05) is 0 Å². The smallest absolute Gasteiger partial charge is 0.0725 e. The number of hydrogen-bond acceptors (Lipinski definition) is 1. The average molecular weight is 184 g/mol. The molecule has 0 saturated heterocycles. The summed E-state index contributed by atoms with van der Waals surface area (Å²) in [5.41, 5.74) is 1.84. The van der Waals surface area contributed by atoms with Crippen LogP contribution in [0, 0.1) is 0 Å². The Morgan fingerprint density at radius 1 is 1.15 bits per heavy atom. The molecular formula is C12H24O. The Hall–Kier alpha value is -0.300. The van der Waals surface area contributed by atoms with Crippen molar-refractivity contribution in [3.63, 3.8) is 0 Å². The Bertz CT molecular complexity index is 155. The molecule has 0 unspecified atom stereocenters. The molecule has 0 aromatic carbocycles. The maximum Gasteiger partial charge on any atom is 0.0725 e. The van der Waals surface area contributed by atoms with Crippen LogP contribution in [0.25, 0.3) is 0 Å². The summed E-state index contributed by atoms with van der Waals surface area (Å²) in [7, 11) is 0. The van der Waals surface area contributed by atoms with Crippen LogP contribution >= 0.6 is 0 Å². The predicted molar refractivity (Wildman–Crippen MR) is 59.0 cm³/mol. The molecule has 1 heteroatoms. The van der Waals surface area contributed by atoms with Gasteiger partial charge in [-0.25, -0.2) is 0 Å². The third kappa shape index (κ3) is 3.95. The summed E-state index contributed by atoms with van der Waals surface area (Å²) in [6.07, 6.45) is 5.95. The van der Waals surface area contributed by atoms with Crippen molar-refractivity contribution in [1.29, 1.82) is 0 Å². The van der Waals surface area contributed by atoms with Crippen LogP contribution in [-0.4, -0.2) is 12.2 Å². The SMILES string of the molecule is CC.CC.CC1=CCOC2(CC2)C1. The normalized spacial score (nSPS) is 21.8. The van der Waals surface area contributed by atoms with Crippen LogP contribution in [-0.2, 0) is 4.74 Å². The highest BCUT2D eigenvalue weighted by Gasteiger charge is 2.44. The fourth-order valence-corrected chi connectivity index (χ4v) is 1.45. The Labute approximate surface area is 83.2 Å². The van der Waals surface area contributed by atoms with Gasteiger partial charge in [-0.1, -0.05) is 39.3 Å². The Kier molecular flexibility index (Phi) is 6.06. The van der Waals surface area contributed by atoms with Gasteiger partial charge < -0.3 is 4.74 Å². The first-order chi connectivity index (χ1) is 6.31. The van der Waals surface area contributed by atoms with Gasteiger partial charge in [0.1, 0.15) is 0 Å². The molecule has 0 aromatic rings. The third-order valence-electron chi connectivity index (χ3n) is 2.23. The van der Waals surface area contributed by atoms with Gasteiger partial charge >= 0.3 is 0 Å². The molecule has 0 N–H and O–H groups in total. The third-order valence-corrected chi connectivity index (χ3v) is 2.23. The Morgan fingerprint density at radius 2 is 1.69 bits per heavy atom. The lowest BCUT2D eigenvalue weighted by atomic mass is 10.1. The van der Waals surface area contributed by atoms with Crippen LogP contribution in [0.2, 0.25) is 0 Å². The second kappa shape index (κ2) is 6.20. The van der Waals surface area contributed by atoms with E-state index < -0.39 is 0 Å². The second-order valence-electron chi connectivity index (χ2n) is 3.22. The van der Waals surface area contributed by atoms with Gasteiger partial charge in [-0.3, -0.25) is 0 Å². The van der Waals surface area contributed by atoms with Gasteiger partial charge in [0.05, 0.1) is 12.2 Å². The summed E-state index contributed by atoms with van der Waals surface area (Å²) in [6.45, 7) is 11.1. The van der Waals surface area contributed by atoms with Crippen LogP contribution < -0.4 is 0 Å². The maximum absolute atomic E-state index is 5.57. The molecule has 0 amide bonds. The van der Waals surface area contributed by atoms with E-state index >= 15 is 0 Å². The van der Waals surface area contributed by atoms with Crippen molar-refractivity contribution in [2.24, 2.45) is 0 Å². The quantitative estimate of drug-likeness (QED) is 0.518. The number of ether oxygens (including phenoxy) is 1. The Balaban J connectivity index is 0.000000322. The van der Waals surface area contributed by atoms with Crippen LogP contribution in [0.4, 0.5) is 0 Å². The van der Waals surface area contributed by atoms with E-state index in [0.717, 1.165) is 6.61 Å². The monoisotopic (exact) mass is 184 g/mol. The summed E-state index contributed by atoms with van der Waals surface area (Å²) < 4.78 is 5.57. The van der Waals surface area contributed by atoms with Gasteiger partial charge in [-0.15, -0.1) is 0 Å². The van der Waals surface area contributed by atoms with E-state index in [4.69, 9.17) is 4.74 Å². The van der Waals surface area contributed by atoms with Gasteiger partial charge in [-0.05, 0) is 26.2 Å². The van der Waals surface area contributed by atoms with Crippen molar-refractivity contribution in [2.75, 3.05) is 6.61 Å². The molecule has 2 aliphatic rings. The summed E-state index contributed by atoms with van der Waals surface area (Å²) in [5, 5.41) is 0. The van der Waals surface area contributed by atoms with E-state index in [1.54, 1.807) is 0 Å². The summed E-state index contributed by atoms with van der Waals surface area (Å²) >= 11 is 0. The molecule has 1 saturated carbocycles. The molecule has 1 fully saturated rings. The minimum Gasteiger partial charge on any atom is -0.371 e. The minimum absolute atomic E-state index is 0.332. The largest absolute Gasteiger partial charge is 0.371 e. The maximum atomic E-state index is 5.57. The van der Waals surface area contributed by atoms with Gasteiger partial charge in [0.25, 0.3) is 0 Å². The highest BCUT2D eigenvalue weighted by molar-refractivity contribution is 5.13. The zero-order valence-electron chi connectivity index (χ0n) is 9.81. The topological polar surface area (TPSA) is 9.23 Å². The van der Waals surface area contributed by atoms with E-state index in [0.29, 0.717) is 5.60 Å². The van der Waals surface area contributed by atoms with Crippen molar-refractivity contribution in [3.8, 4) is 0 Å². The van der Waals surface area contributed by atoms with E-state index in [9.17, 15) is 0 Å². The molecular weight excluding hydrogens is 160 g/mol. The molecule has 1 nitrogen and oxygen atoms in total. The van der Waals surface area contributed by atoms with Crippen LogP contribution in [0.5, 0.6) is 0 Å². The fraction of sp³-hybridized carbons (Fsp3) is 0.833. The molecule has 2 rings (SSSR count). The van der Waals surface area contributed by atoms with Crippen molar-refractivity contribution >= 4 is 0 Å². The summed E-state index contributed by atoms with van der Waals surface area (Å²) in [5.74, 6) is 0. The standard InChI is InChI=1S/C8H12O.2C2H6/c1-7-2-5-9-8(6-7)3-4-8;2*1-2/h2H,3-6H2,1H3;2*1-2H3. The van der Waals surface area contributed by atoms with Gasteiger partial charge in [0.2, 0.25) is 0 Å². The lowest BCUT2D eigenvalue weighted by molar-refractivity contribution is 0.0432. The zero-order chi connectivity index (χ0) is 10.3. The number of rotatable bonds is 0. The fourth-order valence-electron chi connectivity index (χ4n) is 1.45. The van der Waals surface area contributed by atoms with E-state index in [2.05, 4.69) is 13.0 Å². The zero-order valence-corrected chi connectivity index (χ0v) is 9.81. The van der Waals surface area contributed by atoms with E-state index in [1.165, 1.54) is 24.8 Å².